The maximum absolute atomic E-state index is 11.7. The molecule has 0 radical (unpaired) electrons. The zero-order chi connectivity index (χ0) is 11.8. The maximum Gasteiger partial charge on any atom is 0.183 e. The lowest BCUT2D eigenvalue weighted by molar-refractivity contribution is -0.114. The highest BCUT2D eigenvalue weighted by molar-refractivity contribution is 6.31. The van der Waals surface area contributed by atoms with E-state index in [1.165, 1.54) is 0 Å². The van der Waals surface area contributed by atoms with Crippen LogP contribution in [-0.2, 0) is 10.2 Å². The minimum atomic E-state index is -0.404. The van der Waals surface area contributed by atoms with Gasteiger partial charge in [0.05, 0.1) is 18.7 Å². The van der Waals surface area contributed by atoms with Gasteiger partial charge in [-0.05, 0) is 37.0 Å². The summed E-state index contributed by atoms with van der Waals surface area (Å²) >= 11 is 0. The van der Waals surface area contributed by atoms with Crippen LogP contribution in [0.25, 0.3) is 0 Å². The van der Waals surface area contributed by atoms with Crippen molar-refractivity contribution in [1.82, 2.24) is 0 Å². The molecular weight excluding hydrogens is 202 g/mol. The van der Waals surface area contributed by atoms with E-state index in [0.717, 1.165) is 35.9 Å². The molecule has 16 heavy (non-hydrogen) atoms. The van der Waals surface area contributed by atoms with Gasteiger partial charge in [0.15, 0.2) is 5.78 Å². The summed E-state index contributed by atoms with van der Waals surface area (Å²) in [5, 5.41) is 7.09. The molecule has 0 aromatic heterocycles. The standard InChI is InChI=1S/C13H15NO2/c1-9-7-10(3-4-11(9)16-2)13(5-6-13)12(15)8-14/h3-4,7-8,14H,5-6H2,1-2H3. The highest BCUT2D eigenvalue weighted by Crippen LogP contribution is 2.49. The number of ketones is 1. The molecule has 0 spiro atoms. The molecule has 1 aliphatic carbocycles. The molecule has 0 amide bonds. The Hall–Kier alpha value is -1.64. The number of methoxy groups -OCH3 is 1. The van der Waals surface area contributed by atoms with Crippen LogP contribution in [0.3, 0.4) is 0 Å². The Morgan fingerprint density at radius 2 is 2.19 bits per heavy atom. The minimum absolute atomic E-state index is 0.0860. The summed E-state index contributed by atoms with van der Waals surface area (Å²) in [4.78, 5) is 11.7. The highest BCUT2D eigenvalue weighted by atomic mass is 16.5. The largest absolute Gasteiger partial charge is 0.496 e. The summed E-state index contributed by atoms with van der Waals surface area (Å²) in [6.45, 7) is 1.97. The van der Waals surface area contributed by atoms with Crippen molar-refractivity contribution < 1.29 is 9.53 Å². The van der Waals surface area contributed by atoms with Crippen molar-refractivity contribution >= 4 is 12.0 Å². The first-order chi connectivity index (χ1) is 7.64. The molecule has 0 atom stereocenters. The predicted molar refractivity (Wildman–Crippen MR) is 62.4 cm³/mol. The van der Waals surface area contributed by atoms with Gasteiger partial charge >= 0.3 is 0 Å². The van der Waals surface area contributed by atoms with Crippen molar-refractivity contribution in [2.24, 2.45) is 0 Å². The Bertz CT molecular complexity index is 447. The highest BCUT2D eigenvalue weighted by Gasteiger charge is 2.50. The molecule has 1 fully saturated rings. The molecule has 0 saturated heterocycles. The van der Waals surface area contributed by atoms with Gasteiger partial charge in [0.1, 0.15) is 5.75 Å². The maximum atomic E-state index is 11.7. The Kier molecular flexibility index (Phi) is 2.54. The number of ether oxygens (including phenoxy) is 1. The Morgan fingerprint density at radius 3 is 2.62 bits per heavy atom. The molecule has 84 valence electrons. The number of aryl methyl sites for hydroxylation is 1. The fraction of sp³-hybridized carbons (Fsp3) is 0.385. The summed E-state index contributed by atoms with van der Waals surface area (Å²) < 4.78 is 5.19. The summed E-state index contributed by atoms with van der Waals surface area (Å²) in [5.41, 5.74) is 1.64. The van der Waals surface area contributed by atoms with E-state index < -0.39 is 5.41 Å². The second-order valence-electron chi connectivity index (χ2n) is 4.28. The van der Waals surface area contributed by atoms with Crippen LogP contribution >= 0.6 is 0 Å². The van der Waals surface area contributed by atoms with Gasteiger partial charge in [0, 0.05) is 0 Å². The van der Waals surface area contributed by atoms with Crippen molar-refractivity contribution in [1.29, 1.82) is 5.41 Å². The minimum Gasteiger partial charge on any atom is -0.496 e. The van der Waals surface area contributed by atoms with Crippen LogP contribution in [0.2, 0.25) is 0 Å². The van der Waals surface area contributed by atoms with Crippen molar-refractivity contribution in [3.05, 3.63) is 29.3 Å². The number of nitrogens with one attached hydrogen (secondary N) is 1. The van der Waals surface area contributed by atoms with Gasteiger partial charge in [-0.2, -0.15) is 0 Å². The fourth-order valence-corrected chi connectivity index (χ4v) is 2.12. The molecule has 1 aliphatic rings. The molecule has 0 unspecified atom stereocenters. The molecule has 3 nitrogen and oxygen atoms in total. The number of hydrogen-bond donors (Lipinski definition) is 1. The zero-order valence-electron chi connectivity index (χ0n) is 9.54. The van der Waals surface area contributed by atoms with Crippen LogP contribution in [0, 0.1) is 12.3 Å². The van der Waals surface area contributed by atoms with Crippen LogP contribution in [-0.4, -0.2) is 19.1 Å². The smallest absolute Gasteiger partial charge is 0.183 e. The second kappa shape index (κ2) is 3.74. The third-order valence-corrected chi connectivity index (χ3v) is 3.30. The molecular formula is C13H15NO2. The lowest BCUT2D eigenvalue weighted by Crippen LogP contribution is -2.21. The van der Waals surface area contributed by atoms with Crippen molar-refractivity contribution in [3.8, 4) is 5.75 Å². The Balaban J connectivity index is 2.39. The van der Waals surface area contributed by atoms with E-state index in [0.29, 0.717) is 0 Å². The van der Waals surface area contributed by atoms with Gasteiger partial charge in [0.2, 0.25) is 0 Å². The predicted octanol–water partition coefficient (Wildman–Crippen LogP) is 2.25. The Labute approximate surface area is 94.9 Å². The molecule has 1 aromatic rings. The quantitative estimate of drug-likeness (QED) is 0.786. The SMILES string of the molecule is COc1ccc(C2(C(=O)C=N)CC2)cc1C. The summed E-state index contributed by atoms with van der Waals surface area (Å²) in [6.07, 6.45) is 2.65. The molecule has 0 bridgehead atoms. The third kappa shape index (κ3) is 1.52. The van der Waals surface area contributed by atoms with E-state index >= 15 is 0 Å². The van der Waals surface area contributed by atoms with E-state index in [2.05, 4.69) is 0 Å². The number of benzene rings is 1. The number of carbonyl (C=O) groups is 1. The molecule has 0 heterocycles. The van der Waals surface area contributed by atoms with Gasteiger partial charge in [-0.3, -0.25) is 4.79 Å². The van der Waals surface area contributed by atoms with Crippen LogP contribution in [0.5, 0.6) is 5.75 Å². The number of rotatable bonds is 4. The van der Waals surface area contributed by atoms with Gasteiger partial charge in [-0.1, -0.05) is 12.1 Å². The van der Waals surface area contributed by atoms with E-state index in [1.807, 2.05) is 25.1 Å². The van der Waals surface area contributed by atoms with E-state index in [1.54, 1.807) is 7.11 Å². The first kappa shape index (κ1) is 10.9. The topological polar surface area (TPSA) is 50.2 Å². The summed E-state index contributed by atoms with van der Waals surface area (Å²) in [6, 6.07) is 5.81. The average molecular weight is 217 g/mol. The lowest BCUT2D eigenvalue weighted by atomic mass is 9.90. The van der Waals surface area contributed by atoms with Crippen LogP contribution < -0.4 is 4.74 Å². The molecule has 0 aliphatic heterocycles. The first-order valence-corrected chi connectivity index (χ1v) is 5.34. The van der Waals surface area contributed by atoms with Crippen LogP contribution in [0.4, 0.5) is 0 Å². The monoisotopic (exact) mass is 217 g/mol. The molecule has 3 heteroatoms. The van der Waals surface area contributed by atoms with Crippen molar-refractivity contribution in [2.75, 3.05) is 7.11 Å². The van der Waals surface area contributed by atoms with Gasteiger partial charge in [-0.15, -0.1) is 0 Å². The second-order valence-corrected chi connectivity index (χ2v) is 4.28. The fourth-order valence-electron chi connectivity index (χ4n) is 2.12. The molecule has 1 N–H and O–H groups in total. The van der Waals surface area contributed by atoms with Gasteiger partial charge in [-0.25, -0.2) is 0 Å². The average Bonchev–Trinajstić information content (AvgIpc) is 3.09. The molecule has 1 aromatic carbocycles. The van der Waals surface area contributed by atoms with Crippen LogP contribution in [0.1, 0.15) is 24.0 Å². The third-order valence-electron chi connectivity index (χ3n) is 3.30. The van der Waals surface area contributed by atoms with Crippen molar-refractivity contribution in [3.63, 3.8) is 0 Å². The lowest BCUT2D eigenvalue weighted by Gasteiger charge is -2.14. The summed E-state index contributed by atoms with van der Waals surface area (Å²) in [5.74, 6) is 0.749. The van der Waals surface area contributed by atoms with Crippen LogP contribution in [0.15, 0.2) is 18.2 Å². The van der Waals surface area contributed by atoms with E-state index in [-0.39, 0.29) is 5.78 Å². The molecule has 1 saturated carbocycles. The normalized spacial score (nSPS) is 16.6. The van der Waals surface area contributed by atoms with Crippen molar-refractivity contribution in [2.45, 2.75) is 25.2 Å². The van der Waals surface area contributed by atoms with Gasteiger partial charge < -0.3 is 10.1 Å². The van der Waals surface area contributed by atoms with E-state index in [4.69, 9.17) is 10.1 Å². The molecule has 2 rings (SSSR count). The van der Waals surface area contributed by atoms with E-state index in [9.17, 15) is 4.79 Å². The number of hydrogen-bond acceptors (Lipinski definition) is 3. The number of Topliss-reactive ketones (excluding diaryl/α,β-unsaturated/α-hetero) is 1. The Morgan fingerprint density at radius 1 is 1.50 bits per heavy atom. The first-order valence-electron chi connectivity index (χ1n) is 5.34. The number of carbonyl (C=O) groups excluding carboxylic acids is 1. The summed E-state index contributed by atoms with van der Waals surface area (Å²) in [7, 11) is 1.64. The van der Waals surface area contributed by atoms with Gasteiger partial charge in [0.25, 0.3) is 0 Å². The zero-order valence-corrected chi connectivity index (χ0v) is 9.54.